The highest BCUT2D eigenvalue weighted by molar-refractivity contribution is 5.96. The minimum Gasteiger partial charge on any atom is -0.390 e. The second kappa shape index (κ2) is 10.8. The average molecular weight is 490 g/mol. The van der Waals surface area contributed by atoms with E-state index in [-0.39, 0.29) is 5.56 Å². The van der Waals surface area contributed by atoms with Crippen molar-refractivity contribution in [2.45, 2.75) is 56.0 Å². The number of carbonyl (C=O) groups excluding carboxylic acids is 2. The number of hydrogen-bond donors (Lipinski definition) is 3. The zero-order valence-electron chi connectivity index (χ0n) is 19.3. The topological polar surface area (TPSA) is 81.7 Å². The van der Waals surface area contributed by atoms with E-state index >= 15 is 0 Å². The van der Waals surface area contributed by atoms with E-state index in [0.717, 1.165) is 43.9 Å². The van der Waals surface area contributed by atoms with Gasteiger partial charge < -0.3 is 15.7 Å². The van der Waals surface area contributed by atoms with Gasteiger partial charge >= 0.3 is 6.18 Å². The van der Waals surface area contributed by atoms with Gasteiger partial charge in [0.25, 0.3) is 5.91 Å². The largest absolute Gasteiger partial charge is 0.416 e. The van der Waals surface area contributed by atoms with Crippen LogP contribution in [0.1, 0.15) is 53.1 Å². The van der Waals surface area contributed by atoms with Crippen LogP contribution in [0.25, 0.3) is 0 Å². The number of aliphatic hydroxyl groups excluding tert-OH is 1. The van der Waals surface area contributed by atoms with E-state index in [1.807, 2.05) is 6.07 Å². The molecule has 188 valence electrons. The van der Waals surface area contributed by atoms with Gasteiger partial charge in [-0.3, -0.25) is 14.5 Å². The van der Waals surface area contributed by atoms with Crippen molar-refractivity contribution in [2.75, 3.05) is 19.6 Å². The third-order valence-electron chi connectivity index (χ3n) is 6.96. The summed E-state index contributed by atoms with van der Waals surface area (Å²) in [5.41, 5.74) is 0.226. The van der Waals surface area contributed by atoms with Crippen LogP contribution in [0.3, 0.4) is 0 Å². The van der Waals surface area contributed by atoms with Crippen LogP contribution >= 0.6 is 0 Å². The Morgan fingerprint density at radius 3 is 2.54 bits per heavy atom. The predicted molar refractivity (Wildman–Crippen MR) is 125 cm³/mol. The second-order valence-electron chi connectivity index (χ2n) is 9.38. The van der Waals surface area contributed by atoms with Crippen molar-refractivity contribution in [3.05, 3.63) is 71.3 Å². The Hall–Kier alpha value is -2.91. The first kappa shape index (κ1) is 25.2. The molecule has 4 atom stereocenters. The molecule has 1 saturated carbocycles. The summed E-state index contributed by atoms with van der Waals surface area (Å²) in [4.78, 5) is 26.8. The van der Waals surface area contributed by atoms with Gasteiger partial charge in [0, 0.05) is 24.7 Å². The lowest BCUT2D eigenvalue weighted by atomic mass is 9.81. The molecule has 2 fully saturated rings. The molecule has 0 aromatic heterocycles. The van der Waals surface area contributed by atoms with Gasteiger partial charge in [0.1, 0.15) is 0 Å². The lowest BCUT2D eigenvalue weighted by Gasteiger charge is -2.35. The van der Waals surface area contributed by atoms with Gasteiger partial charge in [-0.2, -0.15) is 13.2 Å². The second-order valence-corrected chi connectivity index (χ2v) is 9.38. The number of β-amino-alcohol motifs (C(OH)–C–C–N with tert-alkyl or cyclic N) is 1. The smallest absolute Gasteiger partial charge is 0.390 e. The SMILES string of the molecule is O=C(CNC(=O)c1cccc(C(F)(F)F)c1)N[C@H]1CN([C@H]2CCC[C@@H](c3ccccc3)C2)C[C@@H]1O. The fourth-order valence-electron chi connectivity index (χ4n) is 5.14. The zero-order chi connectivity index (χ0) is 25.0. The summed E-state index contributed by atoms with van der Waals surface area (Å²) in [5.74, 6) is -0.789. The molecule has 2 aromatic carbocycles. The number of benzene rings is 2. The third-order valence-corrected chi connectivity index (χ3v) is 6.96. The van der Waals surface area contributed by atoms with E-state index in [1.54, 1.807) is 0 Å². The summed E-state index contributed by atoms with van der Waals surface area (Å²) in [6.45, 7) is 0.589. The van der Waals surface area contributed by atoms with Crippen LogP contribution in [0, 0.1) is 0 Å². The molecule has 35 heavy (non-hydrogen) atoms. The van der Waals surface area contributed by atoms with Crippen LogP contribution in [0.15, 0.2) is 54.6 Å². The third kappa shape index (κ3) is 6.41. The molecule has 1 saturated heterocycles. The number of amides is 2. The number of nitrogens with zero attached hydrogens (tertiary/aromatic N) is 1. The molecule has 1 heterocycles. The lowest BCUT2D eigenvalue weighted by Crippen LogP contribution is -2.47. The van der Waals surface area contributed by atoms with Crippen LogP contribution in [0.5, 0.6) is 0 Å². The quantitative estimate of drug-likeness (QED) is 0.582. The summed E-state index contributed by atoms with van der Waals surface area (Å²) in [6, 6.07) is 14.3. The maximum Gasteiger partial charge on any atom is 0.416 e. The number of likely N-dealkylation sites (tertiary alicyclic amines) is 1. The van der Waals surface area contributed by atoms with Crippen LogP contribution in [-0.2, 0) is 11.0 Å². The van der Waals surface area contributed by atoms with E-state index < -0.39 is 42.2 Å². The standard InChI is InChI=1S/C26H30F3N3O3/c27-26(28,29)20-10-4-9-19(12-20)25(35)30-14-24(34)31-22-15-32(16-23(22)33)21-11-5-8-18(13-21)17-6-2-1-3-7-17/h1-4,6-7,9-10,12,18,21-23,33H,5,8,11,13-16H2,(H,30,35)(H,31,34)/t18-,21+,22+,23+/m1/s1. The van der Waals surface area contributed by atoms with E-state index in [9.17, 15) is 27.9 Å². The van der Waals surface area contributed by atoms with Crippen molar-refractivity contribution >= 4 is 11.8 Å². The van der Waals surface area contributed by atoms with Gasteiger partial charge in [0.05, 0.1) is 24.3 Å². The molecular formula is C26H30F3N3O3. The maximum atomic E-state index is 12.9. The van der Waals surface area contributed by atoms with Gasteiger partial charge in [-0.25, -0.2) is 0 Å². The minimum atomic E-state index is -4.56. The minimum absolute atomic E-state index is 0.176. The maximum absolute atomic E-state index is 12.9. The highest BCUT2D eigenvalue weighted by atomic mass is 19.4. The van der Waals surface area contributed by atoms with Crippen LogP contribution in [-0.4, -0.2) is 59.6 Å². The van der Waals surface area contributed by atoms with Crippen LogP contribution in [0.2, 0.25) is 0 Å². The monoisotopic (exact) mass is 489 g/mol. The number of alkyl halides is 3. The molecule has 0 unspecified atom stereocenters. The van der Waals surface area contributed by atoms with E-state index in [1.165, 1.54) is 11.6 Å². The average Bonchev–Trinajstić information content (AvgIpc) is 3.22. The summed E-state index contributed by atoms with van der Waals surface area (Å²) < 4.78 is 38.6. The molecule has 9 heteroatoms. The van der Waals surface area contributed by atoms with Crippen molar-refractivity contribution in [2.24, 2.45) is 0 Å². The van der Waals surface area contributed by atoms with Gasteiger partial charge in [0.2, 0.25) is 5.91 Å². The van der Waals surface area contributed by atoms with Gasteiger partial charge in [-0.15, -0.1) is 0 Å². The normalized spacial score (nSPS) is 25.3. The first-order valence-corrected chi connectivity index (χ1v) is 11.9. The van der Waals surface area contributed by atoms with Crippen molar-refractivity contribution in [3.63, 3.8) is 0 Å². The summed E-state index contributed by atoms with van der Waals surface area (Å²) >= 11 is 0. The van der Waals surface area contributed by atoms with Crippen molar-refractivity contribution < 1.29 is 27.9 Å². The van der Waals surface area contributed by atoms with Gasteiger partial charge in [0.15, 0.2) is 0 Å². The number of nitrogens with one attached hydrogen (secondary N) is 2. The molecule has 0 bridgehead atoms. The van der Waals surface area contributed by atoms with Crippen molar-refractivity contribution in [1.29, 1.82) is 0 Å². The Morgan fingerprint density at radius 1 is 1.03 bits per heavy atom. The molecule has 2 aliphatic rings. The molecule has 1 aliphatic heterocycles. The lowest BCUT2D eigenvalue weighted by molar-refractivity contribution is -0.137. The highest BCUT2D eigenvalue weighted by Crippen LogP contribution is 2.36. The number of aliphatic hydroxyl groups is 1. The predicted octanol–water partition coefficient (Wildman–Crippen LogP) is 3.32. The van der Waals surface area contributed by atoms with Gasteiger partial charge in [-0.05, 0) is 48.9 Å². The summed E-state index contributed by atoms with van der Waals surface area (Å²) in [6.07, 6.45) is -0.987. The molecule has 4 rings (SSSR count). The fraction of sp³-hybridized carbons (Fsp3) is 0.462. The van der Waals surface area contributed by atoms with Crippen molar-refractivity contribution in [1.82, 2.24) is 15.5 Å². The molecule has 0 radical (unpaired) electrons. The van der Waals surface area contributed by atoms with Crippen LogP contribution in [0.4, 0.5) is 13.2 Å². The Morgan fingerprint density at radius 2 is 1.80 bits per heavy atom. The summed E-state index contributed by atoms with van der Waals surface area (Å²) in [5, 5.41) is 15.6. The van der Waals surface area contributed by atoms with E-state index in [2.05, 4.69) is 39.8 Å². The molecule has 2 aromatic rings. The molecule has 3 N–H and O–H groups in total. The zero-order valence-corrected chi connectivity index (χ0v) is 19.3. The number of carbonyl (C=O) groups is 2. The number of hydrogen-bond acceptors (Lipinski definition) is 4. The van der Waals surface area contributed by atoms with Gasteiger partial charge in [-0.1, -0.05) is 42.8 Å². The van der Waals surface area contributed by atoms with Crippen LogP contribution < -0.4 is 10.6 Å². The molecule has 0 spiro atoms. The molecular weight excluding hydrogens is 459 g/mol. The first-order chi connectivity index (χ1) is 16.7. The first-order valence-electron chi connectivity index (χ1n) is 11.9. The Kier molecular flexibility index (Phi) is 7.76. The highest BCUT2D eigenvalue weighted by Gasteiger charge is 2.38. The summed E-state index contributed by atoms with van der Waals surface area (Å²) in [7, 11) is 0. The molecule has 1 aliphatic carbocycles. The van der Waals surface area contributed by atoms with E-state index in [4.69, 9.17) is 0 Å². The molecule has 2 amide bonds. The fourth-order valence-corrected chi connectivity index (χ4v) is 5.14. The number of rotatable bonds is 6. The van der Waals surface area contributed by atoms with E-state index in [0.29, 0.717) is 25.0 Å². The Balaban J connectivity index is 1.27. The Labute approximate surface area is 202 Å². The Bertz CT molecular complexity index is 1030. The molecule has 6 nitrogen and oxygen atoms in total. The van der Waals surface area contributed by atoms with Crippen molar-refractivity contribution in [3.8, 4) is 0 Å². The number of halogens is 3.